The number of nitrogens with one attached hydrogen (secondary N) is 1. The summed E-state index contributed by atoms with van der Waals surface area (Å²) in [5, 5.41) is 7.41. The van der Waals surface area contributed by atoms with Crippen molar-refractivity contribution in [2.45, 2.75) is 44.6 Å². The molecule has 3 nitrogen and oxygen atoms in total. The minimum absolute atomic E-state index is 0.0938. The summed E-state index contributed by atoms with van der Waals surface area (Å²) in [6.45, 7) is 0. The lowest BCUT2D eigenvalue weighted by Gasteiger charge is -2.17. The summed E-state index contributed by atoms with van der Waals surface area (Å²) in [4.78, 5) is 0. The molecule has 1 fully saturated rings. The van der Waals surface area contributed by atoms with E-state index in [4.69, 9.17) is 15.9 Å². The summed E-state index contributed by atoms with van der Waals surface area (Å²) in [7, 11) is 0. The second-order valence-corrected chi connectivity index (χ2v) is 4.67. The largest absolute Gasteiger partial charge is 0.490 e. The van der Waals surface area contributed by atoms with Gasteiger partial charge in [0.05, 0.1) is 6.10 Å². The fourth-order valence-corrected chi connectivity index (χ4v) is 2.29. The molecule has 1 aliphatic carbocycles. The van der Waals surface area contributed by atoms with Crippen molar-refractivity contribution in [3.63, 3.8) is 0 Å². The molecule has 0 heterocycles. The molecular weight excluding hydrogens is 212 g/mol. The van der Waals surface area contributed by atoms with Crippen molar-refractivity contribution in [1.82, 2.24) is 0 Å². The predicted molar refractivity (Wildman–Crippen MR) is 69.6 cm³/mol. The number of nitrogen functional groups attached to an aromatic ring is 1. The minimum Gasteiger partial charge on any atom is -0.490 e. The number of hydrogen-bond donors (Lipinski definition) is 2. The smallest absolute Gasteiger partial charge is 0.122 e. The van der Waals surface area contributed by atoms with E-state index in [2.05, 4.69) is 0 Å². The molecule has 0 bridgehead atoms. The van der Waals surface area contributed by atoms with Gasteiger partial charge in [0.15, 0.2) is 0 Å². The van der Waals surface area contributed by atoms with Crippen LogP contribution in [0.3, 0.4) is 0 Å². The lowest BCUT2D eigenvalue weighted by Crippen LogP contribution is -2.16. The van der Waals surface area contributed by atoms with Crippen molar-refractivity contribution in [2.75, 3.05) is 0 Å². The van der Waals surface area contributed by atoms with Crippen molar-refractivity contribution in [1.29, 1.82) is 5.41 Å². The first-order chi connectivity index (χ1) is 8.25. The van der Waals surface area contributed by atoms with E-state index in [0.717, 1.165) is 24.2 Å². The summed E-state index contributed by atoms with van der Waals surface area (Å²) in [5.41, 5.74) is 6.20. The third-order valence-corrected chi connectivity index (χ3v) is 3.25. The topological polar surface area (TPSA) is 59.1 Å². The van der Waals surface area contributed by atoms with Crippen molar-refractivity contribution >= 4 is 5.84 Å². The zero-order chi connectivity index (χ0) is 12.1. The zero-order valence-electron chi connectivity index (χ0n) is 10.1. The fourth-order valence-electron chi connectivity index (χ4n) is 2.29. The Morgan fingerprint density at radius 1 is 1.18 bits per heavy atom. The number of amidine groups is 1. The second-order valence-electron chi connectivity index (χ2n) is 4.67. The van der Waals surface area contributed by atoms with Gasteiger partial charge in [0.25, 0.3) is 0 Å². The molecule has 0 radical (unpaired) electrons. The standard InChI is InChI=1S/C14H20N2O/c15-14(16)11-6-5-9-13(10-11)17-12-7-3-1-2-4-8-12/h5-6,9-10,12H,1-4,7-8H2,(H3,15,16). The van der Waals surface area contributed by atoms with E-state index in [0.29, 0.717) is 6.10 Å². The van der Waals surface area contributed by atoms with E-state index in [1.807, 2.05) is 24.3 Å². The molecule has 1 aromatic carbocycles. The maximum absolute atomic E-state index is 7.41. The van der Waals surface area contributed by atoms with Crippen LogP contribution in [0.2, 0.25) is 0 Å². The number of ether oxygens (including phenoxy) is 1. The Balaban J connectivity index is 2.01. The molecule has 0 amide bonds. The molecule has 0 spiro atoms. The molecule has 3 N–H and O–H groups in total. The molecule has 0 aromatic heterocycles. The van der Waals surface area contributed by atoms with E-state index >= 15 is 0 Å². The van der Waals surface area contributed by atoms with E-state index in [9.17, 15) is 0 Å². The quantitative estimate of drug-likeness (QED) is 0.478. The van der Waals surface area contributed by atoms with Gasteiger partial charge in [-0.3, -0.25) is 5.41 Å². The first kappa shape index (κ1) is 12.0. The fraction of sp³-hybridized carbons (Fsp3) is 0.500. The van der Waals surface area contributed by atoms with Gasteiger partial charge in [-0.1, -0.05) is 25.0 Å². The van der Waals surface area contributed by atoms with Crippen LogP contribution in [-0.2, 0) is 0 Å². The number of hydrogen-bond acceptors (Lipinski definition) is 2. The third kappa shape index (κ3) is 3.48. The van der Waals surface area contributed by atoms with Gasteiger partial charge >= 0.3 is 0 Å². The summed E-state index contributed by atoms with van der Waals surface area (Å²) in [6.07, 6.45) is 7.79. The first-order valence-electron chi connectivity index (χ1n) is 6.37. The zero-order valence-corrected chi connectivity index (χ0v) is 10.1. The van der Waals surface area contributed by atoms with Gasteiger partial charge in [-0.2, -0.15) is 0 Å². The van der Waals surface area contributed by atoms with E-state index in [-0.39, 0.29) is 5.84 Å². The highest BCUT2D eigenvalue weighted by molar-refractivity contribution is 5.95. The Bertz CT molecular complexity index is 382. The molecule has 92 valence electrons. The molecule has 0 atom stereocenters. The van der Waals surface area contributed by atoms with E-state index in [1.165, 1.54) is 25.7 Å². The van der Waals surface area contributed by atoms with Crippen LogP contribution < -0.4 is 10.5 Å². The maximum Gasteiger partial charge on any atom is 0.122 e. The van der Waals surface area contributed by atoms with Gasteiger partial charge in [0, 0.05) is 5.56 Å². The first-order valence-corrected chi connectivity index (χ1v) is 6.37. The number of rotatable bonds is 3. The van der Waals surface area contributed by atoms with Crippen LogP contribution >= 0.6 is 0 Å². The maximum atomic E-state index is 7.41. The van der Waals surface area contributed by atoms with Crippen molar-refractivity contribution in [3.8, 4) is 5.75 Å². The van der Waals surface area contributed by atoms with E-state index in [1.54, 1.807) is 0 Å². The van der Waals surface area contributed by atoms with Crippen LogP contribution in [0, 0.1) is 5.41 Å². The van der Waals surface area contributed by atoms with Gasteiger partial charge in [-0.25, -0.2) is 0 Å². The van der Waals surface area contributed by atoms with Gasteiger partial charge in [-0.05, 0) is 37.8 Å². The van der Waals surface area contributed by atoms with Gasteiger partial charge in [0.1, 0.15) is 11.6 Å². The Morgan fingerprint density at radius 3 is 2.53 bits per heavy atom. The van der Waals surface area contributed by atoms with Crippen LogP contribution in [-0.4, -0.2) is 11.9 Å². The minimum atomic E-state index is 0.0938. The molecule has 0 saturated heterocycles. The third-order valence-electron chi connectivity index (χ3n) is 3.25. The van der Waals surface area contributed by atoms with Crippen LogP contribution in [0.5, 0.6) is 5.75 Å². The van der Waals surface area contributed by atoms with Gasteiger partial charge in [0.2, 0.25) is 0 Å². The molecule has 2 rings (SSSR count). The average Bonchev–Trinajstić information content (AvgIpc) is 2.58. The van der Waals surface area contributed by atoms with Crippen LogP contribution in [0.1, 0.15) is 44.1 Å². The SMILES string of the molecule is N=C(N)c1cccc(OC2CCCCCC2)c1. The van der Waals surface area contributed by atoms with E-state index < -0.39 is 0 Å². The lowest BCUT2D eigenvalue weighted by atomic mass is 10.1. The molecule has 3 heteroatoms. The molecule has 0 unspecified atom stereocenters. The molecule has 0 aliphatic heterocycles. The highest BCUT2D eigenvalue weighted by atomic mass is 16.5. The van der Waals surface area contributed by atoms with Crippen molar-refractivity contribution in [2.24, 2.45) is 5.73 Å². The highest BCUT2D eigenvalue weighted by Gasteiger charge is 2.13. The molecule has 1 aromatic rings. The van der Waals surface area contributed by atoms with Crippen LogP contribution in [0.15, 0.2) is 24.3 Å². The number of benzene rings is 1. The number of nitrogens with two attached hydrogens (primary N) is 1. The second kappa shape index (κ2) is 5.71. The summed E-state index contributed by atoms with van der Waals surface area (Å²) in [5.74, 6) is 0.931. The molecule has 17 heavy (non-hydrogen) atoms. The predicted octanol–water partition coefficient (Wildman–Crippen LogP) is 3.07. The normalized spacial score (nSPS) is 17.4. The van der Waals surface area contributed by atoms with Gasteiger partial charge in [-0.15, -0.1) is 0 Å². The highest BCUT2D eigenvalue weighted by Crippen LogP contribution is 2.23. The van der Waals surface area contributed by atoms with Crippen LogP contribution in [0.25, 0.3) is 0 Å². The molecule has 1 aliphatic rings. The average molecular weight is 232 g/mol. The Labute approximate surface area is 102 Å². The Hall–Kier alpha value is -1.51. The molecular formula is C14H20N2O. The lowest BCUT2D eigenvalue weighted by molar-refractivity contribution is 0.183. The van der Waals surface area contributed by atoms with Crippen molar-refractivity contribution < 1.29 is 4.74 Å². The summed E-state index contributed by atoms with van der Waals surface area (Å²) < 4.78 is 5.97. The van der Waals surface area contributed by atoms with Crippen LogP contribution in [0.4, 0.5) is 0 Å². The Morgan fingerprint density at radius 2 is 1.88 bits per heavy atom. The monoisotopic (exact) mass is 232 g/mol. The van der Waals surface area contributed by atoms with Crippen molar-refractivity contribution in [3.05, 3.63) is 29.8 Å². The summed E-state index contributed by atoms with van der Waals surface area (Å²) >= 11 is 0. The van der Waals surface area contributed by atoms with Gasteiger partial charge < -0.3 is 10.5 Å². The Kier molecular flexibility index (Phi) is 4.02. The summed E-state index contributed by atoms with van der Waals surface area (Å²) in [6, 6.07) is 7.52. The molecule has 1 saturated carbocycles.